The number of carbonyl (C=O) groups is 1. The molecule has 0 saturated carbocycles. The predicted molar refractivity (Wildman–Crippen MR) is 112 cm³/mol. The largest absolute Gasteiger partial charge is 0.378 e. The number of hydrogen-bond acceptors (Lipinski definition) is 8. The maximum Gasteiger partial charge on any atom is 0.255 e. The van der Waals surface area contributed by atoms with Gasteiger partial charge < -0.3 is 19.4 Å². The molecule has 2 aliphatic rings. The summed E-state index contributed by atoms with van der Waals surface area (Å²) in [5, 5.41) is 0. The van der Waals surface area contributed by atoms with Crippen molar-refractivity contribution in [2.24, 2.45) is 0 Å². The number of rotatable bonds is 5. The Morgan fingerprint density at radius 2 is 1.77 bits per heavy atom. The molecule has 4 rings (SSSR count). The van der Waals surface area contributed by atoms with Crippen molar-refractivity contribution in [2.75, 3.05) is 62.3 Å². The second-order valence-corrected chi connectivity index (χ2v) is 7.47. The summed E-state index contributed by atoms with van der Waals surface area (Å²) >= 11 is 0. The molecule has 0 unspecified atom stereocenters. The summed E-state index contributed by atoms with van der Waals surface area (Å²) < 4.78 is 5.35. The van der Waals surface area contributed by atoms with Crippen molar-refractivity contribution in [3.63, 3.8) is 0 Å². The lowest BCUT2D eigenvalue weighted by atomic mass is 10.1. The first-order valence-electron chi connectivity index (χ1n) is 10.3. The van der Waals surface area contributed by atoms with Gasteiger partial charge in [-0.1, -0.05) is 0 Å². The summed E-state index contributed by atoms with van der Waals surface area (Å²) in [6.07, 6.45) is 4.12. The number of nitrogens with zero attached hydrogens (tertiary/aromatic N) is 6. The van der Waals surface area contributed by atoms with Crippen LogP contribution in [0.4, 0.5) is 11.9 Å². The van der Waals surface area contributed by atoms with Gasteiger partial charge in [-0.25, -0.2) is 15.0 Å². The van der Waals surface area contributed by atoms with Gasteiger partial charge in [-0.05, 0) is 19.4 Å². The number of piperazine rings is 1. The number of carbonyl (C=O) groups excluding carboxylic acids is 1. The van der Waals surface area contributed by atoms with Gasteiger partial charge in [0.2, 0.25) is 17.8 Å². The highest BCUT2D eigenvalue weighted by atomic mass is 16.5. The highest BCUT2D eigenvalue weighted by Gasteiger charge is 2.23. The standard InChI is InChI=1S/C20H27N7O3/c1-15-16(18(29)24-20(23-15)27-11-13-30-14-12-27)3-4-17(28)25-7-9-26(10-8-25)19-21-5-2-6-22-19/h2,5-6H,3-4,7-14H2,1H3,(H,23,24,29). The molecule has 10 nitrogen and oxygen atoms in total. The fraction of sp³-hybridized carbons (Fsp3) is 0.550. The molecule has 4 heterocycles. The quantitative estimate of drug-likeness (QED) is 0.729. The normalized spacial score (nSPS) is 17.3. The number of nitrogens with one attached hydrogen (secondary N) is 1. The SMILES string of the molecule is Cc1nc(N2CCOCC2)[nH]c(=O)c1CCC(=O)N1CCN(c2ncccn2)CC1. The molecule has 0 aliphatic carbocycles. The highest BCUT2D eigenvalue weighted by molar-refractivity contribution is 5.76. The number of morpholine rings is 1. The van der Waals surface area contributed by atoms with Gasteiger partial charge in [-0.15, -0.1) is 0 Å². The number of aromatic amines is 1. The average Bonchev–Trinajstić information content (AvgIpc) is 2.79. The van der Waals surface area contributed by atoms with Crippen LogP contribution < -0.4 is 15.4 Å². The lowest BCUT2D eigenvalue weighted by Crippen LogP contribution is -2.49. The molecule has 1 N–H and O–H groups in total. The zero-order chi connectivity index (χ0) is 20.9. The van der Waals surface area contributed by atoms with Crippen LogP contribution in [-0.4, -0.2) is 83.2 Å². The van der Waals surface area contributed by atoms with Gasteiger partial charge in [0.25, 0.3) is 5.56 Å². The van der Waals surface area contributed by atoms with Crippen LogP contribution in [0, 0.1) is 6.92 Å². The first-order valence-corrected chi connectivity index (χ1v) is 10.3. The van der Waals surface area contributed by atoms with Crippen molar-refractivity contribution < 1.29 is 9.53 Å². The third-order valence-corrected chi connectivity index (χ3v) is 5.58. The van der Waals surface area contributed by atoms with Gasteiger partial charge in [0.1, 0.15) is 0 Å². The minimum Gasteiger partial charge on any atom is -0.378 e. The molecule has 2 aromatic rings. The summed E-state index contributed by atoms with van der Waals surface area (Å²) in [6, 6.07) is 1.79. The second-order valence-electron chi connectivity index (χ2n) is 7.47. The van der Waals surface area contributed by atoms with E-state index in [2.05, 4.69) is 24.8 Å². The molecule has 10 heteroatoms. The van der Waals surface area contributed by atoms with Crippen LogP contribution in [-0.2, 0) is 16.0 Å². The van der Waals surface area contributed by atoms with Crippen molar-refractivity contribution in [2.45, 2.75) is 19.8 Å². The average molecular weight is 413 g/mol. The first kappa shape index (κ1) is 20.3. The summed E-state index contributed by atoms with van der Waals surface area (Å²) in [6.45, 7) is 7.15. The fourth-order valence-corrected chi connectivity index (χ4v) is 3.82. The van der Waals surface area contributed by atoms with Crippen molar-refractivity contribution in [3.05, 3.63) is 40.1 Å². The van der Waals surface area contributed by atoms with E-state index in [1.165, 1.54) is 0 Å². The Morgan fingerprint density at radius 3 is 2.43 bits per heavy atom. The molecule has 2 aromatic heterocycles. The van der Waals surface area contributed by atoms with Crippen molar-refractivity contribution in [1.82, 2.24) is 24.8 Å². The molecule has 0 aromatic carbocycles. The molecule has 1 amide bonds. The zero-order valence-electron chi connectivity index (χ0n) is 17.2. The van der Waals surface area contributed by atoms with E-state index < -0.39 is 0 Å². The van der Waals surface area contributed by atoms with Crippen LogP contribution in [0.25, 0.3) is 0 Å². The topological polar surface area (TPSA) is 108 Å². The maximum atomic E-state index is 12.7. The van der Waals surface area contributed by atoms with Crippen LogP contribution in [0.15, 0.2) is 23.3 Å². The number of aryl methyl sites for hydroxylation is 1. The molecule has 2 fully saturated rings. The summed E-state index contributed by atoms with van der Waals surface area (Å²) in [5.74, 6) is 1.33. The number of hydrogen-bond donors (Lipinski definition) is 1. The van der Waals surface area contributed by atoms with Gasteiger partial charge in [0, 0.05) is 69.3 Å². The lowest BCUT2D eigenvalue weighted by Gasteiger charge is -2.34. The Bertz CT molecular complexity index is 920. The molecule has 0 radical (unpaired) electrons. The zero-order valence-corrected chi connectivity index (χ0v) is 17.2. The van der Waals surface area contributed by atoms with E-state index in [1.54, 1.807) is 18.5 Å². The molecule has 2 saturated heterocycles. The molecular weight excluding hydrogens is 386 g/mol. The second kappa shape index (κ2) is 9.21. The molecular formula is C20H27N7O3. The molecule has 2 aliphatic heterocycles. The number of ether oxygens (including phenoxy) is 1. The maximum absolute atomic E-state index is 12.7. The van der Waals surface area contributed by atoms with Gasteiger partial charge in [-0.2, -0.15) is 0 Å². The monoisotopic (exact) mass is 413 g/mol. The Hall–Kier alpha value is -3.01. The van der Waals surface area contributed by atoms with Crippen molar-refractivity contribution in [1.29, 1.82) is 0 Å². The minimum absolute atomic E-state index is 0.0553. The van der Waals surface area contributed by atoms with E-state index in [1.807, 2.05) is 16.7 Å². The predicted octanol–water partition coefficient (Wildman–Crippen LogP) is -0.0137. The smallest absolute Gasteiger partial charge is 0.255 e. The van der Waals surface area contributed by atoms with Gasteiger partial charge in [0.15, 0.2) is 0 Å². The number of H-pyrrole nitrogens is 1. The Morgan fingerprint density at radius 1 is 1.07 bits per heavy atom. The molecule has 0 bridgehead atoms. The number of amides is 1. The van der Waals surface area contributed by atoms with Crippen molar-refractivity contribution in [3.8, 4) is 0 Å². The Balaban J connectivity index is 1.32. The minimum atomic E-state index is -0.164. The summed E-state index contributed by atoms with van der Waals surface area (Å²) in [5.41, 5.74) is 1.10. The van der Waals surface area contributed by atoms with Gasteiger partial charge in [0.05, 0.1) is 13.2 Å². The van der Waals surface area contributed by atoms with E-state index in [0.717, 1.165) is 0 Å². The van der Waals surface area contributed by atoms with E-state index >= 15 is 0 Å². The molecule has 0 spiro atoms. The lowest BCUT2D eigenvalue weighted by molar-refractivity contribution is -0.131. The highest BCUT2D eigenvalue weighted by Crippen LogP contribution is 2.14. The number of anilines is 2. The number of aromatic nitrogens is 4. The van der Waals surface area contributed by atoms with E-state index in [9.17, 15) is 9.59 Å². The molecule has 160 valence electrons. The van der Waals surface area contributed by atoms with Crippen LogP contribution in [0.3, 0.4) is 0 Å². The third-order valence-electron chi connectivity index (χ3n) is 5.58. The van der Waals surface area contributed by atoms with Gasteiger partial charge >= 0.3 is 0 Å². The van der Waals surface area contributed by atoms with Crippen LogP contribution >= 0.6 is 0 Å². The van der Waals surface area contributed by atoms with Gasteiger partial charge in [-0.3, -0.25) is 14.6 Å². The van der Waals surface area contributed by atoms with Crippen LogP contribution in [0.2, 0.25) is 0 Å². The summed E-state index contributed by atoms with van der Waals surface area (Å²) in [7, 11) is 0. The van der Waals surface area contributed by atoms with E-state index in [4.69, 9.17) is 4.74 Å². The van der Waals surface area contributed by atoms with Crippen molar-refractivity contribution >= 4 is 17.8 Å². The van der Waals surface area contributed by atoms with Crippen LogP contribution in [0.5, 0.6) is 0 Å². The Kier molecular flexibility index (Phi) is 6.22. The van der Waals surface area contributed by atoms with E-state index in [0.29, 0.717) is 88.5 Å². The van der Waals surface area contributed by atoms with Crippen LogP contribution in [0.1, 0.15) is 17.7 Å². The first-order chi connectivity index (χ1) is 14.6. The fourth-order valence-electron chi connectivity index (χ4n) is 3.82. The van der Waals surface area contributed by atoms with E-state index in [-0.39, 0.29) is 11.5 Å². The molecule has 30 heavy (non-hydrogen) atoms. The molecule has 0 atom stereocenters. The Labute approximate surface area is 174 Å². The third kappa shape index (κ3) is 4.59. The summed E-state index contributed by atoms with van der Waals surface area (Å²) in [4.78, 5) is 47.2.